The monoisotopic (exact) mass is 246 g/mol. The van der Waals surface area contributed by atoms with Crippen LogP contribution in [0.2, 0.25) is 0 Å². The predicted octanol–water partition coefficient (Wildman–Crippen LogP) is 0.949. The molecule has 0 aliphatic carbocycles. The van der Waals surface area contributed by atoms with Crippen LogP contribution in [0.1, 0.15) is 16.1 Å². The van der Waals surface area contributed by atoms with Crippen LogP contribution in [0.5, 0.6) is 5.88 Å². The second kappa shape index (κ2) is 4.74. The molecule has 0 saturated carbocycles. The molecule has 0 unspecified atom stereocenters. The Morgan fingerprint density at radius 2 is 2.11 bits per heavy atom. The zero-order valence-corrected chi connectivity index (χ0v) is 9.78. The van der Waals surface area contributed by atoms with Crippen LogP contribution < -0.4 is 4.74 Å². The summed E-state index contributed by atoms with van der Waals surface area (Å²) in [7, 11) is 1.48. The molecule has 2 aromatic heterocycles. The molecular formula is C11H10N4O3. The number of aromatic nitrogens is 4. The summed E-state index contributed by atoms with van der Waals surface area (Å²) in [5.74, 6) is -0.391. The standard InChI is InChI=1S/C11H10N4O3/c1-6-7(11(16)17)4-13-9(15-6)8-3-12-5-14-10(8)18-2/h3-5H,1-2H3,(H,16,17). The third-order valence-electron chi connectivity index (χ3n) is 2.32. The van der Waals surface area contributed by atoms with Crippen molar-refractivity contribution in [3.63, 3.8) is 0 Å². The molecule has 0 saturated heterocycles. The second-order valence-electron chi connectivity index (χ2n) is 3.44. The third-order valence-corrected chi connectivity index (χ3v) is 2.32. The molecule has 2 aromatic rings. The Hall–Kier alpha value is -2.57. The van der Waals surface area contributed by atoms with Gasteiger partial charge in [-0.25, -0.2) is 24.7 Å². The fraction of sp³-hybridized carbons (Fsp3) is 0.182. The van der Waals surface area contributed by atoms with Gasteiger partial charge in [0.15, 0.2) is 5.82 Å². The molecule has 0 amide bonds. The zero-order chi connectivity index (χ0) is 13.1. The summed E-state index contributed by atoms with van der Waals surface area (Å²) in [5.41, 5.74) is 0.952. The molecule has 0 aliphatic heterocycles. The van der Waals surface area contributed by atoms with E-state index in [1.54, 1.807) is 6.92 Å². The van der Waals surface area contributed by atoms with Crippen LogP contribution in [-0.4, -0.2) is 38.1 Å². The average molecular weight is 246 g/mol. The highest BCUT2D eigenvalue weighted by atomic mass is 16.5. The highest BCUT2D eigenvalue weighted by molar-refractivity contribution is 5.88. The number of carbonyl (C=O) groups is 1. The second-order valence-corrected chi connectivity index (χ2v) is 3.44. The molecule has 7 heteroatoms. The number of carboxylic acid groups (broad SMARTS) is 1. The van der Waals surface area contributed by atoms with Gasteiger partial charge < -0.3 is 9.84 Å². The maximum Gasteiger partial charge on any atom is 0.339 e. The minimum atomic E-state index is -1.06. The van der Waals surface area contributed by atoms with Crippen LogP contribution in [0, 0.1) is 6.92 Å². The van der Waals surface area contributed by atoms with Gasteiger partial charge in [-0.2, -0.15) is 0 Å². The lowest BCUT2D eigenvalue weighted by Gasteiger charge is -2.06. The molecule has 0 bridgehead atoms. The van der Waals surface area contributed by atoms with Gasteiger partial charge in [0.25, 0.3) is 0 Å². The molecule has 18 heavy (non-hydrogen) atoms. The van der Waals surface area contributed by atoms with E-state index in [1.165, 1.54) is 25.8 Å². The number of carboxylic acids is 1. The van der Waals surface area contributed by atoms with Gasteiger partial charge in [0.2, 0.25) is 5.88 Å². The fourth-order valence-corrected chi connectivity index (χ4v) is 1.44. The van der Waals surface area contributed by atoms with E-state index in [-0.39, 0.29) is 5.56 Å². The summed E-state index contributed by atoms with van der Waals surface area (Å²) in [6, 6.07) is 0. The first-order valence-electron chi connectivity index (χ1n) is 5.04. The van der Waals surface area contributed by atoms with Crippen molar-refractivity contribution in [1.29, 1.82) is 0 Å². The molecule has 0 radical (unpaired) electrons. The first-order valence-corrected chi connectivity index (χ1v) is 5.04. The lowest BCUT2D eigenvalue weighted by molar-refractivity contribution is 0.0695. The topological polar surface area (TPSA) is 98.1 Å². The molecule has 0 atom stereocenters. The summed E-state index contributed by atoms with van der Waals surface area (Å²) in [5, 5.41) is 8.90. The normalized spacial score (nSPS) is 10.1. The van der Waals surface area contributed by atoms with Crippen LogP contribution in [0.3, 0.4) is 0 Å². The number of methoxy groups -OCH3 is 1. The van der Waals surface area contributed by atoms with Crippen molar-refractivity contribution in [2.75, 3.05) is 7.11 Å². The van der Waals surface area contributed by atoms with E-state index in [0.717, 1.165) is 0 Å². The Bertz CT molecular complexity index is 601. The molecule has 0 aromatic carbocycles. The van der Waals surface area contributed by atoms with Crippen LogP contribution in [0.15, 0.2) is 18.7 Å². The minimum Gasteiger partial charge on any atom is -0.480 e. The first kappa shape index (κ1) is 11.9. The van der Waals surface area contributed by atoms with Crippen LogP contribution in [-0.2, 0) is 0 Å². The quantitative estimate of drug-likeness (QED) is 0.860. The summed E-state index contributed by atoms with van der Waals surface area (Å²) in [6.45, 7) is 1.60. The molecule has 0 fully saturated rings. The summed E-state index contributed by atoms with van der Waals surface area (Å²) in [4.78, 5) is 26.8. The maximum absolute atomic E-state index is 10.9. The molecule has 0 spiro atoms. The van der Waals surface area contributed by atoms with Crippen LogP contribution in [0.4, 0.5) is 0 Å². The SMILES string of the molecule is COc1ncncc1-c1ncc(C(=O)O)c(C)n1. The van der Waals surface area contributed by atoms with Crippen molar-refractivity contribution < 1.29 is 14.6 Å². The number of aryl methyl sites for hydroxylation is 1. The van der Waals surface area contributed by atoms with Gasteiger partial charge in [-0.05, 0) is 6.92 Å². The lowest BCUT2D eigenvalue weighted by atomic mass is 10.2. The number of hydrogen-bond donors (Lipinski definition) is 1. The van der Waals surface area contributed by atoms with Crippen molar-refractivity contribution in [3.8, 4) is 17.3 Å². The van der Waals surface area contributed by atoms with Crippen LogP contribution in [0.25, 0.3) is 11.4 Å². The van der Waals surface area contributed by atoms with Gasteiger partial charge in [-0.15, -0.1) is 0 Å². The van der Waals surface area contributed by atoms with Gasteiger partial charge in [0.05, 0.1) is 23.9 Å². The van der Waals surface area contributed by atoms with Crippen molar-refractivity contribution in [2.24, 2.45) is 0 Å². The van der Waals surface area contributed by atoms with E-state index in [9.17, 15) is 4.79 Å². The molecule has 92 valence electrons. The zero-order valence-electron chi connectivity index (χ0n) is 9.78. The molecule has 0 aliphatic rings. The van der Waals surface area contributed by atoms with Gasteiger partial charge >= 0.3 is 5.97 Å². The van der Waals surface area contributed by atoms with Crippen molar-refractivity contribution in [1.82, 2.24) is 19.9 Å². The van der Waals surface area contributed by atoms with Gasteiger partial charge in [0, 0.05) is 12.4 Å². The van der Waals surface area contributed by atoms with E-state index in [4.69, 9.17) is 9.84 Å². The molecule has 7 nitrogen and oxygen atoms in total. The van der Waals surface area contributed by atoms with E-state index in [1.807, 2.05) is 0 Å². The number of aromatic carboxylic acids is 1. The molecule has 1 N–H and O–H groups in total. The van der Waals surface area contributed by atoms with E-state index in [0.29, 0.717) is 23.0 Å². The predicted molar refractivity (Wildman–Crippen MR) is 61.3 cm³/mol. The first-order chi connectivity index (χ1) is 8.63. The largest absolute Gasteiger partial charge is 0.480 e. The third kappa shape index (κ3) is 2.10. The number of hydrogen-bond acceptors (Lipinski definition) is 6. The highest BCUT2D eigenvalue weighted by Gasteiger charge is 2.14. The fourth-order valence-electron chi connectivity index (χ4n) is 1.44. The average Bonchev–Trinajstić information content (AvgIpc) is 2.38. The Balaban J connectivity index is 2.52. The van der Waals surface area contributed by atoms with Crippen molar-refractivity contribution in [3.05, 3.63) is 30.0 Å². The summed E-state index contributed by atoms with van der Waals surface area (Å²) < 4.78 is 5.07. The van der Waals surface area contributed by atoms with Crippen molar-refractivity contribution >= 4 is 5.97 Å². The highest BCUT2D eigenvalue weighted by Crippen LogP contribution is 2.23. The van der Waals surface area contributed by atoms with E-state index < -0.39 is 5.97 Å². The van der Waals surface area contributed by atoms with E-state index in [2.05, 4.69) is 19.9 Å². The van der Waals surface area contributed by atoms with E-state index >= 15 is 0 Å². The van der Waals surface area contributed by atoms with Crippen LogP contribution >= 0.6 is 0 Å². The smallest absolute Gasteiger partial charge is 0.339 e. The Labute approximate surface area is 103 Å². The van der Waals surface area contributed by atoms with Gasteiger partial charge in [0.1, 0.15) is 6.33 Å². The summed E-state index contributed by atoms with van der Waals surface area (Å²) in [6.07, 6.45) is 4.12. The Kier molecular flexibility index (Phi) is 3.13. The maximum atomic E-state index is 10.9. The Morgan fingerprint density at radius 1 is 1.33 bits per heavy atom. The van der Waals surface area contributed by atoms with Gasteiger partial charge in [-0.1, -0.05) is 0 Å². The molecule has 2 heterocycles. The van der Waals surface area contributed by atoms with Crippen molar-refractivity contribution in [2.45, 2.75) is 6.92 Å². The number of ether oxygens (including phenoxy) is 1. The molecular weight excluding hydrogens is 236 g/mol. The summed E-state index contributed by atoms with van der Waals surface area (Å²) >= 11 is 0. The molecule has 2 rings (SSSR count). The number of rotatable bonds is 3. The van der Waals surface area contributed by atoms with Gasteiger partial charge in [-0.3, -0.25) is 0 Å². The Morgan fingerprint density at radius 3 is 2.72 bits per heavy atom. The minimum absolute atomic E-state index is 0.0644. The number of nitrogens with zero attached hydrogens (tertiary/aromatic N) is 4. The lowest BCUT2D eigenvalue weighted by Crippen LogP contribution is -2.05.